The summed E-state index contributed by atoms with van der Waals surface area (Å²) >= 11 is 3.40. The molecule has 1 aliphatic rings. The first-order valence-corrected chi connectivity index (χ1v) is 7.23. The van der Waals surface area contributed by atoms with Gasteiger partial charge in [0.1, 0.15) is 6.04 Å². The fourth-order valence-corrected chi connectivity index (χ4v) is 2.64. The van der Waals surface area contributed by atoms with Crippen molar-refractivity contribution in [3.05, 3.63) is 28.7 Å². The molecule has 19 heavy (non-hydrogen) atoms. The van der Waals surface area contributed by atoms with Gasteiger partial charge in [-0.3, -0.25) is 4.79 Å². The lowest BCUT2D eigenvalue weighted by Crippen LogP contribution is -2.48. The Morgan fingerprint density at radius 1 is 1.37 bits per heavy atom. The van der Waals surface area contributed by atoms with E-state index in [0.29, 0.717) is 0 Å². The number of hydrogen-bond donors (Lipinski definition) is 1. The van der Waals surface area contributed by atoms with Crippen LogP contribution in [-0.4, -0.2) is 48.2 Å². The number of aliphatic hydroxyl groups excluding tert-OH is 1. The van der Waals surface area contributed by atoms with Crippen molar-refractivity contribution in [2.45, 2.75) is 25.4 Å². The quantitative estimate of drug-likeness (QED) is 0.902. The predicted octanol–water partition coefficient (Wildman–Crippen LogP) is 1.87. The zero-order valence-corrected chi connectivity index (χ0v) is 12.8. The molecule has 4 nitrogen and oxygen atoms in total. The fraction of sp³-hybridized carbons (Fsp3) is 0.500. The number of carbonyl (C=O) groups excluding carboxylic acids is 1. The molecule has 1 heterocycles. The van der Waals surface area contributed by atoms with Crippen LogP contribution in [0.3, 0.4) is 0 Å². The van der Waals surface area contributed by atoms with Gasteiger partial charge in [-0.25, -0.2) is 0 Å². The minimum absolute atomic E-state index is 0.0181. The number of aliphatic hydroxyl groups is 1. The van der Waals surface area contributed by atoms with Gasteiger partial charge >= 0.3 is 0 Å². The number of carbonyl (C=O) groups is 1. The third-order valence-corrected chi connectivity index (χ3v) is 4.32. The maximum absolute atomic E-state index is 12.4. The van der Waals surface area contributed by atoms with E-state index in [2.05, 4.69) is 15.9 Å². The molecular formula is C14H19BrN2O2. The highest BCUT2D eigenvalue weighted by molar-refractivity contribution is 9.10. The molecule has 5 heteroatoms. The molecule has 0 aromatic heterocycles. The van der Waals surface area contributed by atoms with E-state index in [0.717, 1.165) is 23.1 Å². The van der Waals surface area contributed by atoms with Crippen molar-refractivity contribution in [1.29, 1.82) is 0 Å². The summed E-state index contributed by atoms with van der Waals surface area (Å²) < 4.78 is 1.00. The third-order valence-electron chi connectivity index (χ3n) is 3.79. The average Bonchev–Trinajstić information content (AvgIpc) is 2.52. The molecule has 0 radical (unpaired) electrons. The van der Waals surface area contributed by atoms with Gasteiger partial charge in [0.15, 0.2) is 0 Å². The van der Waals surface area contributed by atoms with Gasteiger partial charge in [0.05, 0.1) is 6.61 Å². The molecule has 2 atom stereocenters. The minimum atomic E-state index is -0.490. The normalized spacial score (nSPS) is 24.5. The highest BCUT2D eigenvalue weighted by Gasteiger charge is 2.33. The molecule has 2 rings (SSSR count). The van der Waals surface area contributed by atoms with E-state index in [9.17, 15) is 9.90 Å². The Morgan fingerprint density at radius 3 is 2.58 bits per heavy atom. The molecule has 1 aromatic rings. The van der Waals surface area contributed by atoms with Crippen molar-refractivity contribution in [3.8, 4) is 0 Å². The predicted molar refractivity (Wildman–Crippen MR) is 79.2 cm³/mol. The van der Waals surface area contributed by atoms with Crippen molar-refractivity contribution in [1.82, 2.24) is 4.90 Å². The molecule has 1 saturated heterocycles. The number of anilines is 1. The highest BCUT2D eigenvalue weighted by Crippen LogP contribution is 2.24. The first-order valence-electron chi connectivity index (χ1n) is 6.44. The van der Waals surface area contributed by atoms with E-state index < -0.39 is 6.04 Å². The smallest absolute Gasteiger partial charge is 0.247 e. The largest absolute Gasteiger partial charge is 0.394 e. The van der Waals surface area contributed by atoms with Crippen LogP contribution in [0, 0.1) is 0 Å². The van der Waals surface area contributed by atoms with Gasteiger partial charge in [-0.1, -0.05) is 15.9 Å². The van der Waals surface area contributed by atoms with Crippen molar-refractivity contribution in [2.75, 3.05) is 25.1 Å². The van der Waals surface area contributed by atoms with Gasteiger partial charge in [-0.05, 0) is 37.6 Å². The summed E-state index contributed by atoms with van der Waals surface area (Å²) in [5.41, 5.74) is 0.970. The van der Waals surface area contributed by atoms with Crippen LogP contribution in [0.25, 0.3) is 0 Å². The second kappa shape index (κ2) is 5.92. The van der Waals surface area contributed by atoms with Gasteiger partial charge < -0.3 is 14.9 Å². The molecular weight excluding hydrogens is 308 g/mol. The molecule has 0 bridgehead atoms. The number of rotatable bonds is 2. The van der Waals surface area contributed by atoms with Gasteiger partial charge in [0.25, 0.3) is 0 Å². The van der Waals surface area contributed by atoms with Crippen molar-refractivity contribution in [2.24, 2.45) is 0 Å². The molecule has 0 aliphatic carbocycles. The Labute approximate surface area is 122 Å². The van der Waals surface area contributed by atoms with E-state index in [-0.39, 0.29) is 18.6 Å². The Hall–Kier alpha value is -1.07. The lowest BCUT2D eigenvalue weighted by molar-refractivity contribution is -0.133. The zero-order chi connectivity index (χ0) is 14.0. The second-order valence-corrected chi connectivity index (χ2v) is 5.87. The maximum Gasteiger partial charge on any atom is 0.247 e. The molecule has 1 N–H and O–H groups in total. The van der Waals surface area contributed by atoms with Gasteiger partial charge in [-0.15, -0.1) is 0 Å². The molecule has 0 saturated carbocycles. The first kappa shape index (κ1) is 14.3. The van der Waals surface area contributed by atoms with E-state index >= 15 is 0 Å². The lowest BCUT2D eigenvalue weighted by atomic mass is 10.2. The number of nitrogens with zero attached hydrogens (tertiary/aromatic N) is 2. The van der Waals surface area contributed by atoms with Crippen LogP contribution < -0.4 is 4.90 Å². The molecule has 1 amide bonds. The SMILES string of the molecule is CC1CCN(c2ccc(Br)cc2)C(CO)C(=O)N1C. The maximum atomic E-state index is 12.4. The van der Waals surface area contributed by atoms with Gasteiger partial charge in [0, 0.05) is 29.8 Å². The number of hydrogen-bond acceptors (Lipinski definition) is 3. The topological polar surface area (TPSA) is 43.8 Å². The molecule has 0 spiro atoms. The highest BCUT2D eigenvalue weighted by atomic mass is 79.9. The van der Waals surface area contributed by atoms with Crippen LogP contribution >= 0.6 is 15.9 Å². The Balaban J connectivity index is 2.32. The number of benzene rings is 1. The Morgan fingerprint density at radius 2 is 2.00 bits per heavy atom. The molecule has 104 valence electrons. The summed E-state index contributed by atoms with van der Waals surface area (Å²) in [4.78, 5) is 16.1. The summed E-state index contributed by atoms with van der Waals surface area (Å²) in [7, 11) is 1.81. The van der Waals surface area contributed by atoms with Crippen LogP contribution in [0.1, 0.15) is 13.3 Å². The van der Waals surface area contributed by atoms with Crippen molar-refractivity contribution >= 4 is 27.5 Å². The van der Waals surface area contributed by atoms with Gasteiger partial charge in [0.2, 0.25) is 5.91 Å². The molecule has 1 fully saturated rings. The lowest BCUT2D eigenvalue weighted by Gasteiger charge is -2.30. The summed E-state index contributed by atoms with van der Waals surface area (Å²) in [6.45, 7) is 2.65. The van der Waals surface area contributed by atoms with E-state index in [1.54, 1.807) is 11.9 Å². The molecule has 1 aliphatic heterocycles. The third kappa shape index (κ3) is 2.92. The number of likely N-dealkylation sites (N-methyl/N-ethyl adjacent to an activating group) is 1. The van der Waals surface area contributed by atoms with Crippen LogP contribution in [0.2, 0.25) is 0 Å². The first-order chi connectivity index (χ1) is 9.04. The zero-order valence-electron chi connectivity index (χ0n) is 11.2. The van der Waals surface area contributed by atoms with Crippen LogP contribution in [0.5, 0.6) is 0 Å². The number of halogens is 1. The molecule has 2 unspecified atom stereocenters. The summed E-state index contributed by atoms with van der Waals surface area (Å²) in [6.07, 6.45) is 0.898. The van der Waals surface area contributed by atoms with Crippen LogP contribution in [0.15, 0.2) is 28.7 Å². The standard InChI is InChI=1S/C14H19BrN2O2/c1-10-7-8-17(12-5-3-11(15)4-6-12)13(9-18)14(19)16(10)2/h3-6,10,13,18H,7-9H2,1-2H3. The summed E-state index contributed by atoms with van der Waals surface area (Å²) in [5, 5.41) is 9.58. The average molecular weight is 327 g/mol. The monoisotopic (exact) mass is 326 g/mol. The van der Waals surface area contributed by atoms with Crippen LogP contribution in [0.4, 0.5) is 5.69 Å². The van der Waals surface area contributed by atoms with Crippen LogP contribution in [-0.2, 0) is 4.79 Å². The van der Waals surface area contributed by atoms with Gasteiger partial charge in [-0.2, -0.15) is 0 Å². The van der Waals surface area contributed by atoms with Crippen molar-refractivity contribution < 1.29 is 9.90 Å². The Bertz CT molecular complexity index is 449. The summed E-state index contributed by atoms with van der Waals surface area (Å²) in [5.74, 6) is -0.0181. The second-order valence-electron chi connectivity index (χ2n) is 4.96. The Kier molecular flexibility index (Phi) is 4.47. The van der Waals surface area contributed by atoms with Crippen molar-refractivity contribution in [3.63, 3.8) is 0 Å². The van der Waals surface area contributed by atoms with E-state index in [1.807, 2.05) is 36.1 Å². The fourth-order valence-electron chi connectivity index (χ4n) is 2.38. The summed E-state index contributed by atoms with van der Waals surface area (Å²) in [6, 6.07) is 7.54. The van der Waals surface area contributed by atoms with E-state index in [1.165, 1.54) is 0 Å². The molecule has 1 aromatic carbocycles. The number of amides is 1. The van der Waals surface area contributed by atoms with E-state index in [4.69, 9.17) is 0 Å². The minimum Gasteiger partial charge on any atom is -0.394 e.